The number of phosphoric ester groups is 1. The zero-order valence-corrected chi connectivity index (χ0v) is 35.0. The van der Waals surface area contributed by atoms with Gasteiger partial charge in [0, 0.05) is 19.4 Å². The molecule has 0 aromatic rings. The molecule has 1 unspecified atom stereocenters. The Bertz CT molecular complexity index is 1220. The van der Waals surface area contributed by atoms with Crippen LogP contribution in [0.1, 0.15) is 142 Å². The molecular formula is C45H74NO8P. The van der Waals surface area contributed by atoms with Crippen molar-refractivity contribution in [3.8, 4) is 0 Å². The minimum Gasteiger partial charge on any atom is -0.462 e. The highest BCUT2D eigenvalue weighted by Crippen LogP contribution is 2.43. The van der Waals surface area contributed by atoms with Crippen LogP contribution in [0.4, 0.5) is 0 Å². The van der Waals surface area contributed by atoms with Gasteiger partial charge < -0.3 is 20.1 Å². The molecule has 0 heterocycles. The van der Waals surface area contributed by atoms with Gasteiger partial charge in [0.1, 0.15) is 6.61 Å². The second-order valence-electron chi connectivity index (χ2n) is 13.1. The Balaban J connectivity index is 4.29. The van der Waals surface area contributed by atoms with Crippen molar-refractivity contribution in [3.63, 3.8) is 0 Å². The average molecular weight is 788 g/mol. The molecule has 0 aliphatic carbocycles. The fourth-order valence-corrected chi connectivity index (χ4v) is 5.73. The summed E-state index contributed by atoms with van der Waals surface area (Å²) in [5.74, 6) is -0.898. The number of ether oxygens (including phenoxy) is 2. The Morgan fingerprint density at radius 2 is 0.945 bits per heavy atom. The van der Waals surface area contributed by atoms with E-state index < -0.39 is 32.5 Å². The van der Waals surface area contributed by atoms with Crippen molar-refractivity contribution in [2.24, 2.45) is 5.73 Å². The Labute approximate surface area is 334 Å². The average Bonchev–Trinajstić information content (AvgIpc) is 3.17. The second kappa shape index (κ2) is 40.6. The van der Waals surface area contributed by atoms with Crippen LogP contribution in [0.5, 0.6) is 0 Å². The van der Waals surface area contributed by atoms with Crippen molar-refractivity contribution in [1.82, 2.24) is 0 Å². The monoisotopic (exact) mass is 788 g/mol. The molecule has 0 fully saturated rings. The number of phosphoric acid groups is 1. The van der Waals surface area contributed by atoms with E-state index in [4.69, 9.17) is 24.3 Å². The third-order valence-corrected chi connectivity index (χ3v) is 8.95. The summed E-state index contributed by atoms with van der Waals surface area (Å²) >= 11 is 0. The molecule has 2 atom stereocenters. The predicted octanol–water partition coefficient (Wildman–Crippen LogP) is 11.8. The normalized spacial score (nSPS) is 14.3. The van der Waals surface area contributed by atoms with Gasteiger partial charge in [-0.05, 0) is 89.9 Å². The van der Waals surface area contributed by atoms with E-state index in [2.05, 4.69) is 111 Å². The van der Waals surface area contributed by atoms with Crippen LogP contribution >= 0.6 is 7.82 Å². The summed E-state index contributed by atoms with van der Waals surface area (Å²) in [6.45, 7) is 3.41. The lowest BCUT2D eigenvalue weighted by atomic mass is 10.1. The zero-order valence-electron chi connectivity index (χ0n) is 34.1. The van der Waals surface area contributed by atoms with Gasteiger partial charge in [0.05, 0.1) is 13.2 Å². The van der Waals surface area contributed by atoms with Crippen LogP contribution in [0.15, 0.2) is 97.2 Å². The van der Waals surface area contributed by atoms with Crippen LogP contribution in [-0.4, -0.2) is 49.3 Å². The molecule has 0 rings (SSSR count). The zero-order chi connectivity index (χ0) is 40.3. The first-order valence-corrected chi connectivity index (χ1v) is 22.2. The van der Waals surface area contributed by atoms with Gasteiger partial charge in [-0.3, -0.25) is 18.6 Å². The standard InChI is InChI=1S/C45H74NO8P/c1-3-5-7-9-11-13-15-17-19-20-21-22-24-25-27-29-31-33-35-37-44(47)51-41-43(42-53-55(49,50)52-40-39-46)54-45(48)38-36-34-32-30-28-26-23-18-16-14-12-10-8-6-4-2/h5-8,11-14,17-19,21-23,25,27,43H,3-4,9-10,15-16,20,24,26,28-42,46H2,1-2H3,(H,49,50)/t43-/m1/s1. The number of hydrogen-bond donors (Lipinski definition) is 2. The lowest BCUT2D eigenvalue weighted by molar-refractivity contribution is -0.161. The highest BCUT2D eigenvalue weighted by Gasteiger charge is 2.25. The summed E-state index contributed by atoms with van der Waals surface area (Å²) < 4.78 is 32.7. The molecular weight excluding hydrogens is 713 g/mol. The summed E-state index contributed by atoms with van der Waals surface area (Å²) in [5, 5.41) is 0. The summed E-state index contributed by atoms with van der Waals surface area (Å²) in [4.78, 5) is 34.8. The van der Waals surface area contributed by atoms with Crippen molar-refractivity contribution >= 4 is 19.8 Å². The largest absolute Gasteiger partial charge is 0.472 e. The van der Waals surface area contributed by atoms with E-state index >= 15 is 0 Å². The van der Waals surface area contributed by atoms with Crippen LogP contribution in [0, 0.1) is 0 Å². The number of carbonyl (C=O) groups is 2. The lowest BCUT2D eigenvalue weighted by Gasteiger charge is -2.19. The third-order valence-electron chi connectivity index (χ3n) is 7.97. The molecule has 312 valence electrons. The summed E-state index contributed by atoms with van der Waals surface area (Å²) in [6, 6.07) is 0. The number of esters is 2. The molecule has 0 aliphatic heterocycles. The molecule has 3 N–H and O–H groups in total. The number of carbonyl (C=O) groups excluding carboxylic acids is 2. The molecule has 55 heavy (non-hydrogen) atoms. The smallest absolute Gasteiger partial charge is 0.462 e. The summed E-state index contributed by atoms with van der Waals surface area (Å²) in [6.07, 6.45) is 51.5. The first-order chi connectivity index (χ1) is 26.8. The van der Waals surface area contributed by atoms with Crippen molar-refractivity contribution in [2.75, 3.05) is 26.4 Å². The van der Waals surface area contributed by atoms with Crippen LogP contribution in [0.2, 0.25) is 0 Å². The topological polar surface area (TPSA) is 134 Å². The molecule has 0 spiro atoms. The van der Waals surface area contributed by atoms with Crippen LogP contribution in [0.25, 0.3) is 0 Å². The first-order valence-electron chi connectivity index (χ1n) is 20.7. The maximum atomic E-state index is 12.6. The van der Waals surface area contributed by atoms with Crippen molar-refractivity contribution in [3.05, 3.63) is 97.2 Å². The molecule has 0 radical (unpaired) electrons. The van der Waals surface area contributed by atoms with Gasteiger partial charge in [0.25, 0.3) is 0 Å². The minimum atomic E-state index is -4.40. The van der Waals surface area contributed by atoms with Gasteiger partial charge in [-0.15, -0.1) is 0 Å². The van der Waals surface area contributed by atoms with Crippen molar-refractivity contribution in [1.29, 1.82) is 0 Å². The molecule has 0 saturated heterocycles. The molecule has 0 saturated carbocycles. The fourth-order valence-electron chi connectivity index (χ4n) is 4.97. The molecule has 0 bridgehead atoms. The van der Waals surface area contributed by atoms with E-state index in [9.17, 15) is 19.0 Å². The van der Waals surface area contributed by atoms with Gasteiger partial charge in [-0.25, -0.2) is 4.57 Å². The predicted molar refractivity (Wildman–Crippen MR) is 228 cm³/mol. The van der Waals surface area contributed by atoms with E-state index in [0.29, 0.717) is 12.8 Å². The van der Waals surface area contributed by atoms with E-state index in [1.54, 1.807) is 0 Å². The van der Waals surface area contributed by atoms with Crippen LogP contribution in [-0.2, 0) is 32.7 Å². The number of nitrogens with two attached hydrogens (primary N) is 1. The van der Waals surface area contributed by atoms with E-state index in [-0.39, 0.29) is 32.6 Å². The lowest BCUT2D eigenvalue weighted by Crippen LogP contribution is -2.29. The van der Waals surface area contributed by atoms with E-state index in [1.807, 2.05) is 0 Å². The van der Waals surface area contributed by atoms with Crippen molar-refractivity contribution < 1.29 is 37.6 Å². The Morgan fingerprint density at radius 1 is 0.545 bits per heavy atom. The van der Waals surface area contributed by atoms with Crippen LogP contribution in [0.3, 0.4) is 0 Å². The molecule has 0 aliphatic rings. The maximum absolute atomic E-state index is 12.6. The number of allylic oxidation sites excluding steroid dienone is 16. The minimum absolute atomic E-state index is 0.0397. The number of rotatable bonds is 37. The third kappa shape index (κ3) is 40.4. The highest BCUT2D eigenvalue weighted by atomic mass is 31.2. The maximum Gasteiger partial charge on any atom is 0.472 e. The SMILES string of the molecule is CCC=CCC=CCC=CCC=CCC=CCCCCCC(=O)OC[C@H](COP(=O)(O)OCCN)OC(=O)CCCCCCCC=CCC=CCC=CCC. The molecule has 9 nitrogen and oxygen atoms in total. The van der Waals surface area contributed by atoms with Gasteiger partial charge in [-0.1, -0.05) is 137 Å². The second-order valence-corrected chi connectivity index (χ2v) is 14.5. The van der Waals surface area contributed by atoms with E-state index in [1.165, 1.54) is 0 Å². The highest BCUT2D eigenvalue weighted by molar-refractivity contribution is 7.47. The fraction of sp³-hybridized carbons (Fsp3) is 0.600. The van der Waals surface area contributed by atoms with Gasteiger partial charge >= 0.3 is 19.8 Å². The summed E-state index contributed by atoms with van der Waals surface area (Å²) in [7, 11) is -4.40. The van der Waals surface area contributed by atoms with Gasteiger partial charge in [-0.2, -0.15) is 0 Å². The number of hydrogen-bond acceptors (Lipinski definition) is 8. The van der Waals surface area contributed by atoms with Gasteiger partial charge in [0.2, 0.25) is 0 Å². The van der Waals surface area contributed by atoms with Gasteiger partial charge in [0.15, 0.2) is 6.10 Å². The van der Waals surface area contributed by atoms with Crippen LogP contribution < -0.4 is 5.73 Å². The molecule has 0 amide bonds. The molecule has 10 heteroatoms. The summed E-state index contributed by atoms with van der Waals surface area (Å²) in [5.41, 5.74) is 5.34. The quantitative estimate of drug-likeness (QED) is 0.0273. The number of unbranched alkanes of at least 4 members (excludes halogenated alkanes) is 8. The molecule has 0 aromatic heterocycles. The Hall–Kier alpha value is -3.07. The Morgan fingerprint density at radius 3 is 1.42 bits per heavy atom. The molecule has 0 aromatic carbocycles. The van der Waals surface area contributed by atoms with E-state index in [0.717, 1.165) is 103 Å². The van der Waals surface area contributed by atoms with Crippen molar-refractivity contribution in [2.45, 2.75) is 148 Å². The Kier molecular flexibility index (Phi) is 38.3. The first kappa shape index (κ1) is 51.9.